The van der Waals surface area contributed by atoms with Crippen LogP contribution >= 0.6 is 11.6 Å². The van der Waals surface area contributed by atoms with E-state index in [1.807, 2.05) is 18.2 Å². The molecule has 0 atom stereocenters. The lowest BCUT2D eigenvalue weighted by Gasteiger charge is -2.38. The third-order valence-corrected chi connectivity index (χ3v) is 3.84. The van der Waals surface area contributed by atoms with Gasteiger partial charge < -0.3 is 9.47 Å². The molecule has 2 aliphatic heterocycles. The monoisotopic (exact) mass is 267 g/mol. The summed E-state index contributed by atoms with van der Waals surface area (Å²) in [6.45, 7) is 4.32. The van der Waals surface area contributed by atoms with Gasteiger partial charge in [-0.25, -0.2) is 0 Å². The molecule has 0 unspecified atom stereocenters. The van der Waals surface area contributed by atoms with Crippen LogP contribution in [0.3, 0.4) is 0 Å². The van der Waals surface area contributed by atoms with Crippen molar-refractivity contribution in [1.82, 2.24) is 4.90 Å². The summed E-state index contributed by atoms with van der Waals surface area (Å²) in [4.78, 5) is 2.39. The Labute approximate surface area is 113 Å². The molecule has 2 heterocycles. The molecule has 0 bridgehead atoms. The number of nitrogens with zero attached hydrogens (tertiary/aromatic N) is 1. The molecule has 0 aliphatic carbocycles. The second-order valence-electron chi connectivity index (χ2n) is 5.05. The normalized spacial score (nSPS) is 23.6. The predicted molar refractivity (Wildman–Crippen MR) is 70.6 cm³/mol. The molecule has 18 heavy (non-hydrogen) atoms. The molecule has 4 heteroatoms. The van der Waals surface area contributed by atoms with E-state index in [1.165, 1.54) is 5.56 Å². The molecule has 1 spiro atoms. The Kier molecular flexibility index (Phi) is 3.57. The zero-order valence-electron chi connectivity index (χ0n) is 10.4. The van der Waals surface area contributed by atoms with Gasteiger partial charge in [-0.2, -0.15) is 0 Å². The van der Waals surface area contributed by atoms with Crippen molar-refractivity contribution >= 4 is 11.6 Å². The highest BCUT2D eigenvalue weighted by Gasteiger charge is 2.40. The lowest BCUT2D eigenvalue weighted by Crippen LogP contribution is -2.48. The first kappa shape index (κ1) is 12.4. The fourth-order valence-corrected chi connectivity index (χ4v) is 3.04. The molecular weight excluding hydrogens is 250 g/mol. The lowest BCUT2D eigenvalue weighted by molar-refractivity contribution is -0.190. The van der Waals surface area contributed by atoms with Gasteiger partial charge in [0.25, 0.3) is 0 Å². The Morgan fingerprint density at radius 2 is 2.11 bits per heavy atom. The van der Waals surface area contributed by atoms with Crippen LogP contribution in [-0.4, -0.2) is 37.0 Å². The van der Waals surface area contributed by atoms with Gasteiger partial charge in [-0.15, -0.1) is 0 Å². The largest absolute Gasteiger partial charge is 0.346 e. The molecule has 0 radical (unpaired) electrons. The number of piperidine rings is 1. The molecule has 2 fully saturated rings. The number of rotatable bonds is 2. The predicted octanol–water partition coefficient (Wildman–Crippen LogP) is 2.68. The van der Waals surface area contributed by atoms with Crippen LogP contribution in [0, 0.1) is 0 Å². The van der Waals surface area contributed by atoms with E-state index in [-0.39, 0.29) is 5.79 Å². The Morgan fingerprint density at radius 3 is 2.89 bits per heavy atom. The molecule has 0 N–H and O–H groups in total. The van der Waals surface area contributed by atoms with E-state index in [1.54, 1.807) is 0 Å². The fourth-order valence-electron chi connectivity index (χ4n) is 2.83. The van der Waals surface area contributed by atoms with Crippen LogP contribution in [0.4, 0.5) is 0 Å². The SMILES string of the molecule is Clc1cccc(CN2CCCC3(C2)OCCO3)c1. The van der Waals surface area contributed by atoms with E-state index < -0.39 is 0 Å². The van der Waals surface area contributed by atoms with E-state index >= 15 is 0 Å². The molecule has 3 nitrogen and oxygen atoms in total. The minimum absolute atomic E-state index is 0.336. The summed E-state index contributed by atoms with van der Waals surface area (Å²) in [5.41, 5.74) is 1.25. The zero-order chi connectivity index (χ0) is 12.4. The van der Waals surface area contributed by atoms with Crippen LogP contribution in [0.25, 0.3) is 0 Å². The lowest BCUT2D eigenvalue weighted by atomic mass is 10.0. The van der Waals surface area contributed by atoms with Crippen molar-refractivity contribution < 1.29 is 9.47 Å². The minimum Gasteiger partial charge on any atom is -0.346 e. The summed E-state index contributed by atoms with van der Waals surface area (Å²) < 4.78 is 11.6. The van der Waals surface area contributed by atoms with Crippen LogP contribution in [0.15, 0.2) is 24.3 Å². The van der Waals surface area contributed by atoms with Crippen LogP contribution in [0.1, 0.15) is 18.4 Å². The standard InChI is InChI=1S/C14H18ClNO2/c15-13-4-1-3-12(9-13)10-16-6-2-5-14(11-16)17-7-8-18-14/h1,3-4,9H,2,5-8,10-11H2. The van der Waals surface area contributed by atoms with Crippen LogP contribution in [0.5, 0.6) is 0 Å². The van der Waals surface area contributed by atoms with Crippen molar-refractivity contribution in [3.8, 4) is 0 Å². The molecule has 0 aromatic heterocycles. The third-order valence-electron chi connectivity index (χ3n) is 3.61. The van der Waals surface area contributed by atoms with Crippen molar-refractivity contribution in [3.05, 3.63) is 34.9 Å². The van der Waals surface area contributed by atoms with Crippen molar-refractivity contribution in [2.24, 2.45) is 0 Å². The third kappa shape index (κ3) is 2.69. The first-order valence-electron chi connectivity index (χ1n) is 6.51. The Morgan fingerprint density at radius 1 is 1.28 bits per heavy atom. The number of halogens is 1. The number of benzene rings is 1. The Balaban J connectivity index is 1.66. The summed E-state index contributed by atoms with van der Waals surface area (Å²) in [6.07, 6.45) is 2.14. The van der Waals surface area contributed by atoms with Gasteiger partial charge >= 0.3 is 0 Å². The molecule has 3 rings (SSSR count). The first-order valence-corrected chi connectivity index (χ1v) is 6.88. The molecular formula is C14H18ClNO2. The number of hydrogen-bond acceptors (Lipinski definition) is 3. The number of ether oxygens (including phenoxy) is 2. The first-order chi connectivity index (χ1) is 8.76. The summed E-state index contributed by atoms with van der Waals surface area (Å²) >= 11 is 6.02. The summed E-state index contributed by atoms with van der Waals surface area (Å²) in [5, 5.41) is 0.799. The van der Waals surface area contributed by atoms with Gasteiger partial charge in [-0.05, 0) is 30.7 Å². The van der Waals surface area contributed by atoms with Gasteiger partial charge in [0.2, 0.25) is 0 Å². The molecule has 98 valence electrons. The van der Waals surface area contributed by atoms with Crippen LogP contribution in [0.2, 0.25) is 5.02 Å². The van der Waals surface area contributed by atoms with Crippen molar-refractivity contribution in [3.63, 3.8) is 0 Å². The maximum atomic E-state index is 6.02. The quantitative estimate of drug-likeness (QED) is 0.822. The van der Waals surface area contributed by atoms with Gasteiger partial charge in [0.15, 0.2) is 5.79 Å². The molecule has 2 saturated heterocycles. The molecule has 1 aromatic carbocycles. The highest BCUT2D eigenvalue weighted by atomic mass is 35.5. The number of likely N-dealkylation sites (tertiary alicyclic amines) is 1. The minimum atomic E-state index is -0.336. The second kappa shape index (κ2) is 5.17. The molecule has 0 saturated carbocycles. The van der Waals surface area contributed by atoms with Crippen molar-refractivity contribution in [2.75, 3.05) is 26.3 Å². The van der Waals surface area contributed by atoms with Gasteiger partial charge in [0.1, 0.15) is 0 Å². The van der Waals surface area contributed by atoms with Gasteiger partial charge in [0.05, 0.1) is 19.8 Å². The Bertz CT molecular complexity index is 418. The molecule has 1 aromatic rings. The topological polar surface area (TPSA) is 21.7 Å². The zero-order valence-corrected chi connectivity index (χ0v) is 11.2. The van der Waals surface area contributed by atoms with E-state index in [0.717, 1.165) is 50.7 Å². The Hall–Kier alpha value is -0.610. The van der Waals surface area contributed by atoms with E-state index in [0.29, 0.717) is 0 Å². The smallest absolute Gasteiger partial charge is 0.181 e. The van der Waals surface area contributed by atoms with Gasteiger partial charge in [0, 0.05) is 18.0 Å². The van der Waals surface area contributed by atoms with Gasteiger partial charge in [-0.3, -0.25) is 4.90 Å². The highest BCUT2D eigenvalue weighted by molar-refractivity contribution is 6.30. The van der Waals surface area contributed by atoms with Crippen molar-refractivity contribution in [1.29, 1.82) is 0 Å². The average Bonchev–Trinajstić information content (AvgIpc) is 2.77. The van der Waals surface area contributed by atoms with E-state index in [9.17, 15) is 0 Å². The van der Waals surface area contributed by atoms with E-state index in [2.05, 4.69) is 11.0 Å². The van der Waals surface area contributed by atoms with Crippen LogP contribution < -0.4 is 0 Å². The molecule has 2 aliphatic rings. The fraction of sp³-hybridized carbons (Fsp3) is 0.571. The van der Waals surface area contributed by atoms with E-state index in [4.69, 9.17) is 21.1 Å². The number of hydrogen-bond donors (Lipinski definition) is 0. The van der Waals surface area contributed by atoms with Crippen molar-refractivity contribution in [2.45, 2.75) is 25.2 Å². The second-order valence-corrected chi connectivity index (χ2v) is 5.49. The summed E-state index contributed by atoms with van der Waals surface area (Å²) in [6, 6.07) is 8.05. The summed E-state index contributed by atoms with van der Waals surface area (Å²) in [7, 11) is 0. The maximum absolute atomic E-state index is 6.02. The average molecular weight is 268 g/mol. The molecule has 0 amide bonds. The highest BCUT2D eigenvalue weighted by Crippen LogP contribution is 2.30. The van der Waals surface area contributed by atoms with Crippen LogP contribution in [-0.2, 0) is 16.0 Å². The van der Waals surface area contributed by atoms with Gasteiger partial charge in [-0.1, -0.05) is 23.7 Å². The summed E-state index contributed by atoms with van der Waals surface area (Å²) in [5.74, 6) is -0.336. The maximum Gasteiger partial charge on any atom is 0.181 e.